The second-order valence-electron chi connectivity index (χ2n) is 5.62. The molecule has 108 valence electrons. The summed E-state index contributed by atoms with van der Waals surface area (Å²) in [6.45, 7) is 2.07. The summed E-state index contributed by atoms with van der Waals surface area (Å²) in [5.41, 5.74) is 4.75. The van der Waals surface area contributed by atoms with Gasteiger partial charge in [0, 0.05) is 10.9 Å². The van der Waals surface area contributed by atoms with Gasteiger partial charge in [0.1, 0.15) is 0 Å². The van der Waals surface area contributed by atoms with Crippen molar-refractivity contribution in [3.8, 4) is 0 Å². The maximum Gasteiger partial charge on any atom is 0.319 e. The maximum atomic E-state index is 11.9. The zero-order valence-electron chi connectivity index (χ0n) is 11.3. The van der Waals surface area contributed by atoms with Crippen LogP contribution in [0.2, 0.25) is 5.02 Å². The molecule has 0 aliphatic heterocycles. The zero-order chi connectivity index (χ0) is 14.9. The number of hydrogen-bond donors (Lipinski definition) is 2. The first-order valence-corrected chi connectivity index (χ1v) is 7.04. The largest absolute Gasteiger partial charge is 0.480 e. The topological polar surface area (TPSA) is 80.4 Å². The fourth-order valence-electron chi connectivity index (χ4n) is 3.14. The summed E-state index contributed by atoms with van der Waals surface area (Å²) in [5.74, 6) is -1.92. The van der Waals surface area contributed by atoms with Crippen molar-refractivity contribution in [3.05, 3.63) is 34.9 Å². The van der Waals surface area contributed by atoms with E-state index in [0.717, 1.165) is 5.56 Å². The lowest BCUT2D eigenvalue weighted by molar-refractivity contribution is -0.159. The molecule has 3 atom stereocenters. The smallest absolute Gasteiger partial charge is 0.319 e. The van der Waals surface area contributed by atoms with E-state index in [1.54, 1.807) is 24.3 Å². The number of carboxylic acids is 1. The molecule has 1 aliphatic carbocycles. The Morgan fingerprint density at radius 1 is 1.35 bits per heavy atom. The van der Waals surface area contributed by atoms with Gasteiger partial charge in [0.25, 0.3) is 0 Å². The third kappa shape index (κ3) is 2.40. The molecule has 0 saturated heterocycles. The number of benzene rings is 1. The number of rotatable bonds is 3. The quantitative estimate of drug-likeness (QED) is 0.841. The van der Waals surface area contributed by atoms with Gasteiger partial charge in [-0.25, -0.2) is 0 Å². The lowest BCUT2D eigenvalue weighted by Gasteiger charge is -2.41. The number of amides is 1. The molecule has 3 unspecified atom stereocenters. The van der Waals surface area contributed by atoms with Crippen LogP contribution in [0.1, 0.15) is 37.7 Å². The molecule has 1 fully saturated rings. The van der Waals surface area contributed by atoms with Crippen LogP contribution in [-0.4, -0.2) is 17.0 Å². The summed E-state index contributed by atoms with van der Waals surface area (Å²) < 4.78 is 0. The van der Waals surface area contributed by atoms with Gasteiger partial charge in [-0.05, 0) is 42.9 Å². The molecular formula is C15H18ClNO3. The Bertz CT molecular complexity index is 512. The van der Waals surface area contributed by atoms with E-state index in [0.29, 0.717) is 23.8 Å². The standard InChI is InChI=1S/C15H18ClNO3/c1-9-6-7-15(13(17)18,14(19)20)12(8-9)10-2-4-11(16)5-3-10/h2-5,9,12H,6-8H2,1H3,(H2,17,18)(H,19,20). The monoisotopic (exact) mass is 295 g/mol. The summed E-state index contributed by atoms with van der Waals surface area (Å²) in [6, 6.07) is 6.99. The first kappa shape index (κ1) is 14.9. The van der Waals surface area contributed by atoms with Crippen molar-refractivity contribution in [1.29, 1.82) is 0 Å². The third-order valence-corrected chi connectivity index (χ3v) is 4.61. The van der Waals surface area contributed by atoms with Crippen molar-refractivity contribution in [1.82, 2.24) is 0 Å². The minimum atomic E-state index is -1.51. The van der Waals surface area contributed by atoms with E-state index >= 15 is 0 Å². The molecule has 0 spiro atoms. The number of carbonyl (C=O) groups is 2. The first-order chi connectivity index (χ1) is 9.37. The fourth-order valence-corrected chi connectivity index (χ4v) is 3.27. The molecule has 1 amide bonds. The van der Waals surface area contributed by atoms with E-state index in [9.17, 15) is 14.7 Å². The van der Waals surface area contributed by atoms with Crippen molar-refractivity contribution < 1.29 is 14.7 Å². The van der Waals surface area contributed by atoms with Gasteiger partial charge in [-0.3, -0.25) is 9.59 Å². The molecule has 4 nitrogen and oxygen atoms in total. The number of carboxylic acid groups (broad SMARTS) is 1. The predicted molar refractivity (Wildman–Crippen MR) is 76.5 cm³/mol. The summed E-state index contributed by atoms with van der Waals surface area (Å²) in [7, 11) is 0. The van der Waals surface area contributed by atoms with Crippen LogP contribution >= 0.6 is 11.6 Å². The Morgan fingerprint density at radius 3 is 2.45 bits per heavy atom. The lowest BCUT2D eigenvalue weighted by atomic mass is 9.61. The molecule has 5 heteroatoms. The Balaban J connectivity index is 2.50. The Labute approximate surface area is 122 Å². The predicted octanol–water partition coefficient (Wildman–Crippen LogP) is 2.80. The second-order valence-corrected chi connectivity index (χ2v) is 6.06. The highest BCUT2D eigenvalue weighted by Crippen LogP contribution is 2.49. The molecule has 0 radical (unpaired) electrons. The Kier molecular flexibility index (Phi) is 4.04. The second kappa shape index (κ2) is 5.44. The molecule has 0 bridgehead atoms. The minimum Gasteiger partial charge on any atom is -0.480 e. The van der Waals surface area contributed by atoms with Gasteiger partial charge >= 0.3 is 5.97 Å². The van der Waals surface area contributed by atoms with Gasteiger partial charge in [-0.15, -0.1) is 0 Å². The number of hydrogen-bond acceptors (Lipinski definition) is 2. The highest BCUT2D eigenvalue weighted by Gasteiger charge is 2.54. The van der Waals surface area contributed by atoms with E-state index in [-0.39, 0.29) is 6.42 Å². The van der Waals surface area contributed by atoms with E-state index in [1.807, 2.05) is 0 Å². The summed E-state index contributed by atoms with van der Waals surface area (Å²) in [5, 5.41) is 10.2. The van der Waals surface area contributed by atoms with Gasteiger partial charge in [0.2, 0.25) is 5.91 Å². The van der Waals surface area contributed by atoms with E-state index < -0.39 is 23.2 Å². The molecule has 2 rings (SSSR count). The first-order valence-electron chi connectivity index (χ1n) is 6.66. The summed E-state index contributed by atoms with van der Waals surface area (Å²) >= 11 is 5.87. The molecular weight excluding hydrogens is 278 g/mol. The number of aliphatic carboxylic acids is 1. The SMILES string of the molecule is CC1CCC(C(N)=O)(C(=O)O)C(c2ccc(Cl)cc2)C1. The molecule has 20 heavy (non-hydrogen) atoms. The van der Waals surface area contributed by atoms with Gasteiger partial charge in [0.15, 0.2) is 5.41 Å². The van der Waals surface area contributed by atoms with Crippen molar-refractivity contribution in [2.24, 2.45) is 17.1 Å². The average Bonchev–Trinajstić information content (AvgIpc) is 2.39. The minimum absolute atomic E-state index is 0.284. The van der Waals surface area contributed by atoms with Crippen LogP contribution in [0.5, 0.6) is 0 Å². The Morgan fingerprint density at radius 2 is 1.95 bits per heavy atom. The van der Waals surface area contributed by atoms with Crippen molar-refractivity contribution in [2.45, 2.75) is 32.1 Å². The van der Waals surface area contributed by atoms with Gasteiger partial charge in [-0.2, -0.15) is 0 Å². The molecule has 1 aromatic carbocycles. The van der Waals surface area contributed by atoms with E-state index in [2.05, 4.69) is 6.92 Å². The molecule has 3 N–H and O–H groups in total. The van der Waals surface area contributed by atoms with E-state index in [4.69, 9.17) is 17.3 Å². The lowest BCUT2D eigenvalue weighted by Crippen LogP contribution is -2.50. The molecule has 0 heterocycles. The number of carbonyl (C=O) groups excluding carboxylic acids is 1. The van der Waals surface area contributed by atoms with Crippen LogP contribution in [0.4, 0.5) is 0 Å². The summed E-state index contributed by atoms with van der Waals surface area (Å²) in [4.78, 5) is 23.6. The van der Waals surface area contributed by atoms with Gasteiger partial charge in [0.05, 0.1) is 0 Å². The number of nitrogens with two attached hydrogens (primary N) is 1. The third-order valence-electron chi connectivity index (χ3n) is 4.36. The van der Waals surface area contributed by atoms with Crippen molar-refractivity contribution in [3.63, 3.8) is 0 Å². The summed E-state index contributed by atoms with van der Waals surface area (Å²) in [6.07, 6.45) is 1.61. The highest BCUT2D eigenvalue weighted by molar-refractivity contribution is 6.30. The van der Waals surface area contributed by atoms with Crippen LogP contribution in [0, 0.1) is 11.3 Å². The van der Waals surface area contributed by atoms with Crippen molar-refractivity contribution >= 4 is 23.5 Å². The van der Waals surface area contributed by atoms with E-state index in [1.165, 1.54) is 0 Å². The van der Waals surface area contributed by atoms with Gasteiger partial charge < -0.3 is 10.8 Å². The normalized spacial score (nSPS) is 29.9. The number of primary amides is 1. The van der Waals surface area contributed by atoms with Crippen molar-refractivity contribution in [2.75, 3.05) is 0 Å². The van der Waals surface area contributed by atoms with Crippen LogP contribution in [0.15, 0.2) is 24.3 Å². The molecule has 1 saturated carbocycles. The van der Waals surface area contributed by atoms with Crippen LogP contribution in [0.3, 0.4) is 0 Å². The number of halogens is 1. The Hall–Kier alpha value is -1.55. The van der Waals surface area contributed by atoms with Crippen LogP contribution < -0.4 is 5.73 Å². The van der Waals surface area contributed by atoms with Gasteiger partial charge in [-0.1, -0.05) is 30.7 Å². The molecule has 0 aromatic heterocycles. The zero-order valence-corrected chi connectivity index (χ0v) is 12.1. The highest BCUT2D eigenvalue weighted by atomic mass is 35.5. The average molecular weight is 296 g/mol. The molecule has 1 aliphatic rings. The molecule has 1 aromatic rings. The fraction of sp³-hybridized carbons (Fsp3) is 0.467. The van der Waals surface area contributed by atoms with Crippen LogP contribution in [-0.2, 0) is 9.59 Å². The van der Waals surface area contributed by atoms with Crippen LogP contribution in [0.25, 0.3) is 0 Å². The maximum absolute atomic E-state index is 11.9.